The molecule has 1 aromatic carbocycles. The summed E-state index contributed by atoms with van der Waals surface area (Å²) in [6.45, 7) is 4.05. The summed E-state index contributed by atoms with van der Waals surface area (Å²) in [6.07, 6.45) is 2.59. The molecular weight excluding hydrogens is 304 g/mol. The lowest BCUT2D eigenvalue weighted by Gasteiger charge is -2.11. The normalized spacial score (nSPS) is 12.2. The Labute approximate surface area is 121 Å². The standard InChI is InChI=1S/C15H17BrN2O/c1-3-13(17)14-6-5-12(9-18-14)19-15-7-4-11(16)8-10(15)2/h4-9,13H,3,17H2,1-2H3. The van der Waals surface area contributed by atoms with Gasteiger partial charge < -0.3 is 10.5 Å². The van der Waals surface area contributed by atoms with Crippen LogP contribution in [0.15, 0.2) is 41.0 Å². The van der Waals surface area contributed by atoms with Crippen LogP contribution < -0.4 is 10.5 Å². The van der Waals surface area contributed by atoms with Crippen LogP contribution in [0.4, 0.5) is 0 Å². The van der Waals surface area contributed by atoms with E-state index < -0.39 is 0 Å². The largest absolute Gasteiger partial charge is 0.455 e. The Hall–Kier alpha value is -1.39. The van der Waals surface area contributed by atoms with E-state index in [0.717, 1.165) is 33.6 Å². The fraction of sp³-hybridized carbons (Fsp3) is 0.267. The minimum Gasteiger partial charge on any atom is -0.455 e. The van der Waals surface area contributed by atoms with Crippen LogP contribution in [0.1, 0.15) is 30.6 Å². The summed E-state index contributed by atoms with van der Waals surface area (Å²) >= 11 is 3.43. The molecule has 0 radical (unpaired) electrons. The molecule has 1 aromatic heterocycles. The van der Waals surface area contributed by atoms with Gasteiger partial charge in [-0.25, -0.2) is 0 Å². The highest BCUT2D eigenvalue weighted by atomic mass is 79.9. The van der Waals surface area contributed by atoms with E-state index in [1.165, 1.54) is 0 Å². The van der Waals surface area contributed by atoms with Gasteiger partial charge >= 0.3 is 0 Å². The van der Waals surface area contributed by atoms with Gasteiger partial charge in [-0.15, -0.1) is 0 Å². The van der Waals surface area contributed by atoms with Gasteiger partial charge in [0.1, 0.15) is 11.5 Å². The van der Waals surface area contributed by atoms with Crippen molar-refractivity contribution >= 4 is 15.9 Å². The highest BCUT2D eigenvalue weighted by Gasteiger charge is 2.06. The number of nitrogens with zero attached hydrogens (tertiary/aromatic N) is 1. The van der Waals surface area contributed by atoms with Gasteiger partial charge in [0.2, 0.25) is 0 Å². The Morgan fingerprint density at radius 3 is 2.68 bits per heavy atom. The first kappa shape index (κ1) is 14.0. The Bertz CT molecular complexity index is 555. The van der Waals surface area contributed by atoms with E-state index in [1.54, 1.807) is 6.20 Å². The van der Waals surface area contributed by atoms with E-state index in [9.17, 15) is 0 Å². The molecule has 1 heterocycles. The minimum absolute atomic E-state index is 0.0107. The molecular formula is C15H17BrN2O. The molecule has 0 saturated heterocycles. The van der Waals surface area contributed by atoms with E-state index in [4.69, 9.17) is 10.5 Å². The van der Waals surface area contributed by atoms with Gasteiger partial charge in [-0.1, -0.05) is 22.9 Å². The van der Waals surface area contributed by atoms with Crippen molar-refractivity contribution < 1.29 is 4.74 Å². The summed E-state index contributed by atoms with van der Waals surface area (Å²) in [5.74, 6) is 1.55. The highest BCUT2D eigenvalue weighted by molar-refractivity contribution is 9.10. The molecule has 2 N–H and O–H groups in total. The molecule has 0 aliphatic carbocycles. The molecule has 0 amide bonds. The number of nitrogens with two attached hydrogens (primary N) is 1. The lowest BCUT2D eigenvalue weighted by atomic mass is 10.1. The van der Waals surface area contributed by atoms with Gasteiger partial charge in [0, 0.05) is 10.5 Å². The third-order valence-electron chi connectivity index (χ3n) is 2.94. The van der Waals surface area contributed by atoms with Crippen molar-refractivity contribution in [3.63, 3.8) is 0 Å². The third-order valence-corrected chi connectivity index (χ3v) is 3.44. The van der Waals surface area contributed by atoms with Crippen molar-refractivity contribution in [2.45, 2.75) is 26.3 Å². The van der Waals surface area contributed by atoms with Gasteiger partial charge in [0.25, 0.3) is 0 Å². The van der Waals surface area contributed by atoms with Crippen LogP contribution >= 0.6 is 15.9 Å². The van der Waals surface area contributed by atoms with Crippen molar-refractivity contribution in [1.82, 2.24) is 4.98 Å². The van der Waals surface area contributed by atoms with E-state index in [1.807, 2.05) is 44.2 Å². The average Bonchev–Trinajstić information content (AvgIpc) is 2.42. The predicted molar refractivity (Wildman–Crippen MR) is 80.4 cm³/mol. The SMILES string of the molecule is CCC(N)c1ccc(Oc2ccc(Br)cc2C)cn1. The molecule has 0 bridgehead atoms. The smallest absolute Gasteiger partial charge is 0.145 e. The number of aromatic nitrogens is 1. The fourth-order valence-electron chi connectivity index (χ4n) is 1.73. The Morgan fingerprint density at radius 2 is 2.11 bits per heavy atom. The topological polar surface area (TPSA) is 48.1 Å². The average molecular weight is 321 g/mol. The lowest BCUT2D eigenvalue weighted by molar-refractivity contribution is 0.475. The molecule has 2 rings (SSSR count). The van der Waals surface area contributed by atoms with Crippen molar-refractivity contribution in [2.75, 3.05) is 0 Å². The van der Waals surface area contributed by atoms with Crippen LogP contribution in [0.3, 0.4) is 0 Å². The lowest BCUT2D eigenvalue weighted by Crippen LogP contribution is -2.10. The van der Waals surface area contributed by atoms with Gasteiger partial charge in [0.05, 0.1) is 11.9 Å². The Kier molecular flexibility index (Phi) is 4.56. The van der Waals surface area contributed by atoms with E-state index in [2.05, 4.69) is 20.9 Å². The minimum atomic E-state index is -0.0107. The molecule has 4 heteroatoms. The van der Waals surface area contributed by atoms with E-state index in [-0.39, 0.29) is 6.04 Å². The molecule has 0 saturated carbocycles. The number of hydrogen-bond acceptors (Lipinski definition) is 3. The maximum Gasteiger partial charge on any atom is 0.145 e. The number of halogens is 1. The van der Waals surface area contributed by atoms with Gasteiger partial charge in [-0.2, -0.15) is 0 Å². The molecule has 1 unspecified atom stereocenters. The number of pyridine rings is 1. The van der Waals surface area contributed by atoms with Crippen LogP contribution in [0.2, 0.25) is 0 Å². The monoisotopic (exact) mass is 320 g/mol. The van der Waals surface area contributed by atoms with Crippen molar-refractivity contribution in [1.29, 1.82) is 0 Å². The van der Waals surface area contributed by atoms with Crippen molar-refractivity contribution in [3.8, 4) is 11.5 Å². The first-order valence-corrected chi connectivity index (χ1v) is 7.05. The van der Waals surface area contributed by atoms with Crippen LogP contribution in [-0.4, -0.2) is 4.98 Å². The Balaban J connectivity index is 2.15. The summed E-state index contributed by atoms with van der Waals surface area (Å²) < 4.78 is 6.85. The molecule has 0 spiro atoms. The third kappa shape index (κ3) is 3.55. The second kappa shape index (κ2) is 6.17. The summed E-state index contributed by atoms with van der Waals surface area (Å²) in [6, 6.07) is 9.71. The zero-order valence-corrected chi connectivity index (χ0v) is 12.6. The number of rotatable bonds is 4. The van der Waals surface area contributed by atoms with E-state index in [0.29, 0.717) is 0 Å². The highest BCUT2D eigenvalue weighted by Crippen LogP contribution is 2.27. The second-order valence-corrected chi connectivity index (χ2v) is 5.36. The number of ether oxygens (including phenoxy) is 1. The van der Waals surface area contributed by atoms with Crippen molar-refractivity contribution in [2.24, 2.45) is 5.73 Å². The van der Waals surface area contributed by atoms with E-state index >= 15 is 0 Å². The molecule has 0 aliphatic rings. The zero-order chi connectivity index (χ0) is 13.8. The van der Waals surface area contributed by atoms with Crippen LogP contribution in [0, 0.1) is 6.92 Å². The summed E-state index contributed by atoms with van der Waals surface area (Å²) in [4.78, 5) is 4.33. The maximum atomic E-state index is 5.93. The molecule has 0 aliphatic heterocycles. The predicted octanol–water partition coefficient (Wildman–Crippen LogP) is 4.35. The maximum absolute atomic E-state index is 5.93. The molecule has 0 fully saturated rings. The van der Waals surface area contributed by atoms with Gasteiger partial charge in [-0.05, 0) is 49.2 Å². The molecule has 1 atom stereocenters. The Morgan fingerprint density at radius 1 is 1.32 bits per heavy atom. The van der Waals surface area contributed by atoms with Gasteiger partial charge in [-0.3, -0.25) is 4.98 Å². The molecule has 3 nitrogen and oxygen atoms in total. The number of aryl methyl sites for hydroxylation is 1. The quantitative estimate of drug-likeness (QED) is 0.910. The first-order chi connectivity index (χ1) is 9.10. The fourth-order valence-corrected chi connectivity index (χ4v) is 2.21. The number of benzene rings is 1. The second-order valence-electron chi connectivity index (χ2n) is 4.45. The van der Waals surface area contributed by atoms with Gasteiger partial charge in [0.15, 0.2) is 0 Å². The summed E-state index contributed by atoms with van der Waals surface area (Å²) in [5, 5.41) is 0. The number of hydrogen-bond donors (Lipinski definition) is 1. The van der Waals surface area contributed by atoms with Crippen molar-refractivity contribution in [3.05, 3.63) is 52.3 Å². The summed E-state index contributed by atoms with van der Waals surface area (Å²) in [7, 11) is 0. The molecule has 19 heavy (non-hydrogen) atoms. The zero-order valence-electron chi connectivity index (χ0n) is 11.1. The first-order valence-electron chi connectivity index (χ1n) is 6.25. The van der Waals surface area contributed by atoms with Crippen LogP contribution in [-0.2, 0) is 0 Å². The van der Waals surface area contributed by atoms with Crippen LogP contribution in [0.25, 0.3) is 0 Å². The molecule has 2 aromatic rings. The summed E-state index contributed by atoms with van der Waals surface area (Å²) in [5.41, 5.74) is 7.89. The molecule has 100 valence electrons. The van der Waals surface area contributed by atoms with Crippen LogP contribution in [0.5, 0.6) is 11.5 Å².